The number of para-hydroxylation sites is 1. The van der Waals surface area contributed by atoms with Crippen molar-refractivity contribution >= 4 is 37.5 Å². The van der Waals surface area contributed by atoms with Gasteiger partial charge in [-0.15, -0.1) is 0 Å². The molecule has 0 saturated heterocycles. The summed E-state index contributed by atoms with van der Waals surface area (Å²) in [4.78, 5) is 2.21. The maximum atomic E-state index is 5.40. The first-order valence-corrected chi connectivity index (χ1v) is 8.24. The average Bonchev–Trinajstić information content (AvgIpc) is 2.47. The van der Waals surface area contributed by atoms with E-state index in [4.69, 9.17) is 4.74 Å². The number of nitrogens with zero attached hydrogens (tertiary/aromatic N) is 1. The lowest BCUT2D eigenvalue weighted by Gasteiger charge is -2.21. The molecule has 0 unspecified atom stereocenters. The van der Waals surface area contributed by atoms with Gasteiger partial charge in [0.2, 0.25) is 0 Å². The minimum absolute atomic E-state index is 0.810. The van der Waals surface area contributed by atoms with E-state index in [0.29, 0.717) is 0 Å². The third kappa shape index (κ3) is 3.55. The van der Waals surface area contributed by atoms with Crippen molar-refractivity contribution in [1.82, 2.24) is 0 Å². The lowest BCUT2D eigenvalue weighted by atomic mass is 10.1. The smallest absolute Gasteiger partial charge is 0.123 e. The van der Waals surface area contributed by atoms with Gasteiger partial charge < -0.3 is 9.64 Å². The van der Waals surface area contributed by atoms with E-state index in [9.17, 15) is 0 Å². The molecule has 0 aliphatic rings. The van der Waals surface area contributed by atoms with Gasteiger partial charge in [-0.05, 0) is 23.8 Å². The molecule has 0 aromatic heterocycles. The van der Waals surface area contributed by atoms with Crippen molar-refractivity contribution in [2.45, 2.75) is 11.9 Å². The van der Waals surface area contributed by atoms with Gasteiger partial charge in [-0.2, -0.15) is 0 Å². The molecule has 0 amide bonds. The largest absolute Gasteiger partial charge is 0.496 e. The Hall–Kier alpha value is -1.000. The molecule has 0 saturated carbocycles. The minimum atomic E-state index is 0.810. The molecule has 0 radical (unpaired) electrons. The van der Waals surface area contributed by atoms with E-state index < -0.39 is 0 Å². The van der Waals surface area contributed by atoms with Crippen LogP contribution >= 0.6 is 31.9 Å². The fourth-order valence-corrected chi connectivity index (χ4v) is 3.43. The summed E-state index contributed by atoms with van der Waals surface area (Å²) in [6.07, 6.45) is 0. The Morgan fingerprint density at radius 3 is 2.50 bits per heavy atom. The summed E-state index contributed by atoms with van der Waals surface area (Å²) < 4.78 is 6.52. The number of methoxy groups -OCH3 is 1. The molecule has 2 rings (SSSR count). The molecule has 0 aliphatic carbocycles. The standard InChI is InChI=1S/C16H17Br2NO/c1-19(11-13-5-3-4-6-16(13)20-2)14-8-7-12(10-17)15(18)9-14/h3-9H,10-11H2,1-2H3. The Morgan fingerprint density at radius 1 is 1.10 bits per heavy atom. The monoisotopic (exact) mass is 397 g/mol. The molecule has 0 heterocycles. The highest BCUT2D eigenvalue weighted by molar-refractivity contribution is 9.10. The molecule has 106 valence electrons. The Morgan fingerprint density at radius 2 is 1.85 bits per heavy atom. The zero-order valence-electron chi connectivity index (χ0n) is 11.6. The molecule has 2 aromatic carbocycles. The number of halogens is 2. The highest BCUT2D eigenvalue weighted by atomic mass is 79.9. The molecule has 4 heteroatoms. The molecule has 0 fully saturated rings. The van der Waals surface area contributed by atoms with Crippen molar-refractivity contribution in [3.05, 3.63) is 58.1 Å². The van der Waals surface area contributed by atoms with Gasteiger partial charge in [0.05, 0.1) is 7.11 Å². The summed E-state index contributed by atoms with van der Waals surface area (Å²) in [5, 5.41) is 0.851. The van der Waals surface area contributed by atoms with Crippen LogP contribution in [0.5, 0.6) is 5.75 Å². The van der Waals surface area contributed by atoms with Gasteiger partial charge in [0.1, 0.15) is 5.75 Å². The normalized spacial score (nSPS) is 10.4. The van der Waals surface area contributed by atoms with Crippen molar-refractivity contribution < 1.29 is 4.74 Å². The number of ether oxygens (including phenoxy) is 1. The van der Waals surface area contributed by atoms with Crippen LogP contribution in [0.4, 0.5) is 5.69 Å². The molecular formula is C16H17Br2NO. The number of rotatable bonds is 5. The Bertz CT molecular complexity index is 586. The molecule has 0 spiro atoms. The van der Waals surface area contributed by atoms with E-state index in [-0.39, 0.29) is 0 Å². The van der Waals surface area contributed by atoms with Crippen molar-refractivity contribution in [3.63, 3.8) is 0 Å². The van der Waals surface area contributed by atoms with Crippen molar-refractivity contribution in [3.8, 4) is 5.75 Å². The quantitative estimate of drug-likeness (QED) is 0.658. The first kappa shape index (κ1) is 15.4. The zero-order valence-corrected chi connectivity index (χ0v) is 14.7. The minimum Gasteiger partial charge on any atom is -0.496 e. The molecule has 2 nitrogen and oxygen atoms in total. The van der Waals surface area contributed by atoms with Crippen LogP contribution in [0.2, 0.25) is 0 Å². The SMILES string of the molecule is COc1ccccc1CN(C)c1ccc(CBr)c(Br)c1. The van der Waals surface area contributed by atoms with Gasteiger partial charge in [0.15, 0.2) is 0 Å². The van der Waals surface area contributed by atoms with Crippen LogP contribution in [0.1, 0.15) is 11.1 Å². The summed E-state index contributed by atoms with van der Waals surface area (Å²) in [6, 6.07) is 14.5. The predicted molar refractivity (Wildman–Crippen MR) is 91.9 cm³/mol. The first-order valence-electron chi connectivity index (χ1n) is 6.33. The van der Waals surface area contributed by atoms with Crippen molar-refractivity contribution in [1.29, 1.82) is 0 Å². The van der Waals surface area contributed by atoms with Crippen LogP contribution in [0.25, 0.3) is 0 Å². The topological polar surface area (TPSA) is 12.5 Å². The number of alkyl halides is 1. The summed E-state index contributed by atoms with van der Waals surface area (Å²) in [5.41, 5.74) is 3.60. The highest BCUT2D eigenvalue weighted by Gasteiger charge is 2.08. The average molecular weight is 399 g/mol. The van der Waals surface area contributed by atoms with Gasteiger partial charge in [-0.25, -0.2) is 0 Å². The van der Waals surface area contributed by atoms with E-state index in [1.54, 1.807) is 7.11 Å². The fraction of sp³-hybridized carbons (Fsp3) is 0.250. The molecule has 2 aromatic rings. The molecule has 0 bridgehead atoms. The lowest BCUT2D eigenvalue weighted by Crippen LogP contribution is -2.16. The third-order valence-corrected chi connectivity index (χ3v) is 4.56. The van der Waals surface area contributed by atoms with Crippen molar-refractivity contribution in [2.24, 2.45) is 0 Å². The van der Waals surface area contributed by atoms with Crippen LogP contribution < -0.4 is 9.64 Å². The highest BCUT2D eigenvalue weighted by Crippen LogP contribution is 2.27. The first-order chi connectivity index (χ1) is 9.65. The molecule has 0 atom stereocenters. The molecule has 0 N–H and O–H groups in total. The van der Waals surface area contributed by atoms with Crippen LogP contribution in [-0.2, 0) is 11.9 Å². The van der Waals surface area contributed by atoms with Crippen LogP contribution in [0.15, 0.2) is 46.9 Å². The predicted octanol–water partition coefficient (Wildman–Crippen LogP) is 4.99. The van der Waals surface area contributed by atoms with Gasteiger partial charge in [0.25, 0.3) is 0 Å². The Balaban J connectivity index is 2.19. The van der Waals surface area contributed by atoms with Gasteiger partial charge in [-0.3, -0.25) is 0 Å². The maximum absolute atomic E-state index is 5.40. The van der Waals surface area contributed by atoms with Gasteiger partial charge >= 0.3 is 0 Å². The summed E-state index contributed by atoms with van der Waals surface area (Å²) in [7, 11) is 3.79. The number of hydrogen-bond donors (Lipinski definition) is 0. The lowest BCUT2D eigenvalue weighted by molar-refractivity contribution is 0.409. The molecule has 0 aliphatic heterocycles. The van der Waals surface area contributed by atoms with Crippen LogP contribution in [-0.4, -0.2) is 14.2 Å². The van der Waals surface area contributed by atoms with Crippen LogP contribution in [0.3, 0.4) is 0 Å². The second kappa shape index (κ2) is 7.14. The van der Waals surface area contributed by atoms with E-state index in [1.807, 2.05) is 18.2 Å². The third-order valence-electron chi connectivity index (χ3n) is 3.22. The second-order valence-electron chi connectivity index (χ2n) is 4.58. The summed E-state index contributed by atoms with van der Waals surface area (Å²) in [5.74, 6) is 0.926. The number of benzene rings is 2. The number of anilines is 1. The summed E-state index contributed by atoms with van der Waals surface area (Å²) >= 11 is 7.09. The summed E-state index contributed by atoms with van der Waals surface area (Å²) in [6.45, 7) is 0.810. The van der Waals surface area contributed by atoms with Crippen molar-refractivity contribution in [2.75, 3.05) is 19.1 Å². The van der Waals surface area contributed by atoms with Crippen LogP contribution in [0, 0.1) is 0 Å². The zero-order chi connectivity index (χ0) is 14.5. The van der Waals surface area contributed by atoms with E-state index in [0.717, 1.165) is 22.1 Å². The fourth-order valence-electron chi connectivity index (χ4n) is 2.06. The second-order valence-corrected chi connectivity index (χ2v) is 5.99. The molecule has 20 heavy (non-hydrogen) atoms. The van der Waals surface area contributed by atoms with Gasteiger partial charge in [0, 0.05) is 34.6 Å². The van der Waals surface area contributed by atoms with E-state index in [1.165, 1.54) is 16.8 Å². The van der Waals surface area contributed by atoms with E-state index in [2.05, 4.69) is 68.1 Å². The Labute approximate surface area is 137 Å². The van der Waals surface area contributed by atoms with Gasteiger partial charge in [-0.1, -0.05) is 56.1 Å². The Kier molecular flexibility index (Phi) is 5.49. The van der Waals surface area contributed by atoms with E-state index >= 15 is 0 Å². The maximum Gasteiger partial charge on any atom is 0.123 e. The number of hydrogen-bond acceptors (Lipinski definition) is 2. The molecular weight excluding hydrogens is 382 g/mol.